The predicted molar refractivity (Wildman–Crippen MR) is 77.4 cm³/mol. The van der Waals surface area contributed by atoms with Crippen molar-refractivity contribution in [2.24, 2.45) is 0 Å². The number of nitrogens with one attached hydrogen (secondary N) is 2. The number of carbonyl (C=O) groups excluding carboxylic acids is 2. The van der Waals surface area contributed by atoms with Crippen LogP contribution in [0.1, 0.15) is 41.5 Å². The van der Waals surface area contributed by atoms with E-state index in [4.69, 9.17) is 9.47 Å². The monoisotopic (exact) mass is 288 g/mol. The molecule has 0 aliphatic rings. The van der Waals surface area contributed by atoms with E-state index in [9.17, 15) is 9.59 Å². The number of hydrogen-bond donors (Lipinski definition) is 2. The van der Waals surface area contributed by atoms with E-state index < -0.39 is 11.2 Å². The average Bonchev–Trinajstić information content (AvgIpc) is 2.17. The second-order valence-electron chi connectivity index (χ2n) is 6.53. The summed E-state index contributed by atoms with van der Waals surface area (Å²) in [6.45, 7) is 12.4. The second kappa shape index (κ2) is 8.21. The minimum atomic E-state index is -0.465. The van der Waals surface area contributed by atoms with E-state index in [0.717, 1.165) is 0 Å². The molecule has 0 saturated heterocycles. The zero-order valence-corrected chi connectivity index (χ0v) is 13.5. The van der Waals surface area contributed by atoms with E-state index in [0.29, 0.717) is 13.1 Å². The standard InChI is InChI=1S/C14H28N2O4/c1-13(2,3)19-11(17)9-15-7-8-16-10-12(18)20-14(4,5)6/h15-16H,7-10H2,1-6H3. The van der Waals surface area contributed by atoms with Crippen molar-refractivity contribution in [2.75, 3.05) is 26.2 Å². The SMILES string of the molecule is CC(C)(C)OC(=O)CNCCNCC(=O)OC(C)(C)C. The molecule has 0 aliphatic heterocycles. The van der Waals surface area contributed by atoms with Crippen molar-refractivity contribution in [3.8, 4) is 0 Å². The molecule has 2 N–H and O–H groups in total. The fourth-order valence-corrected chi connectivity index (χ4v) is 1.31. The molecular formula is C14H28N2O4. The summed E-state index contributed by atoms with van der Waals surface area (Å²) in [6.07, 6.45) is 0. The van der Waals surface area contributed by atoms with Crippen molar-refractivity contribution in [2.45, 2.75) is 52.7 Å². The van der Waals surface area contributed by atoms with Gasteiger partial charge >= 0.3 is 11.9 Å². The van der Waals surface area contributed by atoms with Crippen LogP contribution in [0.5, 0.6) is 0 Å². The Labute approximate surface area is 121 Å². The van der Waals surface area contributed by atoms with Gasteiger partial charge in [0.15, 0.2) is 0 Å². The maximum absolute atomic E-state index is 11.4. The zero-order chi connectivity index (χ0) is 15.8. The number of ether oxygens (including phenoxy) is 2. The van der Waals surface area contributed by atoms with Crippen molar-refractivity contribution in [1.82, 2.24) is 10.6 Å². The summed E-state index contributed by atoms with van der Waals surface area (Å²) in [5.74, 6) is -0.575. The van der Waals surface area contributed by atoms with Crippen molar-refractivity contribution in [3.63, 3.8) is 0 Å². The fraction of sp³-hybridized carbons (Fsp3) is 0.857. The molecule has 0 rings (SSSR count). The molecule has 0 radical (unpaired) electrons. The normalized spacial score (nSPS) is 12.1. The summed E-state index contributed by atoms with van der Waals surface area (Å²) < 4.78 is 10.3. The topological polar surface area (TPSA) is 76.7 Å². The largest absolute Gasteiger partial charge is 0.459 e. The van der Waals surface area contributed by atoms with Gasteiger partial charge in [-0.2, -0.15) is 0 Å². The highest BCUT2D eigenvalue weighted by atomic mass is 16.6. The molecule has 6 nitrogen and oxygen atoms in total. The molecule has 20 heavy (non-hydrogen) atoms. The van der Waals surface area contributed by atoms with Crippen molar-refractivity contribution >= 4 is 11.9 Å². The van der Waals surface area contributed by atoms with Crippen LogP contribution in [-0.4, -0.2) is 49.3 Å². The molecule has 0 amide bonds. The lowest BCUT2D eigenvalue weighted by Crippen LogP contribution is -2.37. The predicted octanol–water partition coefficient (Wildman–Crippen LogP) is 0.849. The van der Waals surface area contributed by atoms with E-state index in [1.807, 2.05) is 41.5 Å². The van der Waals surface area contributed by atoms with E-state index >= 15 is 0 Å². The minimum absolute atomic E-state index is 0.158. The maximum Gasteiger partial charge on any atom is 0.320 e. The Kier molecular flexibility index (Phi) is 7.75. The Balaban J connectivity index is 3.54. The lowest BCUT2D eigenvalue weighted by atomic mass is 10.2. The van der Waals surface area contributed by atoms with Crippen molar-refractivity contribution in [3.05, 3.63) is 0 Å². The molecule has 0 aromatic carbocycles. The van der Waals surface area contributed by atoms with Gasteiger partial charge in [0.05, 0.1) is 13.1 Å². The minimum Gasteiger partial charge on any atom is -0.459 e. The summed E-state index contributed by atoms with van der Waals surface area (Å²) in [5, 5.41) is 5.88. The smallest absolute Gasteiger partial charge is 0.320 e. The molecule has 6 heteroatoms. The van der Waals surface area contributed by atoms with Crippen LogP contribution in [0.15, 0.2) is 0 Å². The Bertz CT molecular complexity index is 284. The van der Waals surface area contributed by atoms with Crippen LogP contribution in [-0.2, 0) is 19.1 Å². The number of rotatable bonds is 7. The summed E-state index contributed by atoms with van der Waals surface area (Å²) in [6, 6.07) is 0. The first-order valence-corrected chi connectivity index (χ1v) is 6.85. The van der Waals surface area contributed by atoms with Crippen molar-refractivity contribution in [1.29, 1.82) is 0 Å². The Morgan fingerprint density at radius 3 is 1.30 bits per heavy atom. The van der Waals surface area contributed by atoms with E-state index in [-0.39, 0.29) is 25.0 Å². The first-order chi connectivity index (χ1) is 8.99. The molecule has 0 bridgehead atoms. The van der Waals surface area contributed by atoms with Crippen LogP contribution in [0.3, 0.4) is 0 Å². The third-order valence-corrected chi connectivity index (χ3v) is 1.86. The molecule has 0 aromatic rings. The fourth-order valence-electron chi connectivity index (χ4n) is 1.31. The van der Waals surface area contributed by atoms with Crippen LogP contribution in [0.4, 0.5) is 0 Å². The van der Waals surface area contributed by atoms with Crippen LogP contribution >= 0.6 is 0 Å². The molecule has 0 spiro atoms. The first-order valence-electron chi connectivity index (χ1n) is 6.85. The lowest BCUT2D eigenvalue weighted by molar-refractivity contribution is -0.154. The Hall–Kier alpha value is -1.14. The maximum atomic E-state index is 11.4. The zero-order valence-electron chi connectivity index (χ0n) is 13.5. The number of carbonyl (C=O) groups is 2. The van der Waals surface area contributed by atoms with Gasteiger partial charge in [-0.3, -0.25) is 9.59 Å². The summed E-state index contributed by atoms with van der Waals surface area (Å²) in [5.41, 5.74) is -0.929. The van der Waals surface area contributed by atoms with Gasteiger partial charge in [-0.1, -0.05) is 0 Å². The molecular weight excluding hydrogens is 260 g/mol. The van der Waals surface area contributed by atoms with Crippen LogP contribution in [0, 0.1) is 0 Å². The number of hydrogen-bond acceptors (Lipinski definition) is 6. The van der Waals surface area contributed by atoms with E-state index in [1.54, 1.807) is 0 Å². The van der Waals surface area contributed by atoms with Gasteiger partial charge in [0, 0.05) is 13.1 Å². The van der Waals surface area contributed by atoms with Crippen LogP contribution in [0.25, 0.3) is 0 Å². The van der Waals surface area contributed by atoms with Crippen molar-refractivity contribution < 1.29 is 19.1 Å². The quantitative estimate of drug-likeness (QED) is 0.534. The van der Waals surface area contributed by atoms with E-state index in [1.165, 1.54) is 0 Å². The highest BCUT2D eigenvalue weighted by Gasteiger charge is 2.16. The van der Waals surface area contributed by atoms with Gasteiger partial charge in [-0.15, -0.1) is 0 Å². The van der Waals surface area contributed by atoms with Gasteiger partial charge in [0.2, 0.25) is 0 Å². The highest BCUT2D eigenvalue weighted by molar-refractivity contribution is 5.72. The molecule has 0 aliphatic carbocycles. The Morgan fingerprint density at radius 1 is 0.750 bits per heavy atom. The summed E-state index contributed by atoms with van der Waals surface area (Å²) in [7, 11) is 0. The summed E-state index contributed by atoms with van der Waals surface area (Å²) >= 11 is 0. The third kappa shape index (κ3) is 13.3. The molecule has 0 fully saturated rings. The number of esters is 2. The molecule has 118 valence electrons. The first kappa shape index (κ1) is 18.9. The van der Waals surface area contributed by atoms with Gasteiger partial charge < -0.3 is 20.1 Å². The second-order valence-corrected chi connectivity index (χ2v) is 6.53. The Morgan fingerprint density at radius 2 is 1.05 bits per heavy atom. The average molecular weight is 288 g/mol. The van der Waals surface area contributed by atoms with Gasteiger partial charge in [-0.25, -0.2) is 0 Å². The molecule has 0 heterocycles. The van der Waals surface area contributed by atoms with E-state index in [2.05, 4.69) is 10.6 Å². The van der Waals surface area contributed by atoms with Gasteiger partial charge in [0.1, 0.15) is 11.2 Å². The molecule has 0 saturated carbocycles. The van der Waals surface area contributed by atoms with Gasteiger partial charge in [-0.05, 0) is 41.5 Å². The molecule has 0 aromatic heterocycles. The molecule has 0 atom stereocenters. The van der Waals surface area contributed by atoms with Crippen LogP contribution in [0.2, 0.25) is 0 Å². The van der Waals surface area contributed by atoms with Gasteiger partial charge in [0.25, 0.3) is 0 Å². The lowest BCUT2D eigenvalue weighted by Gasteiger charge is -2.20. The van der Waals surface area contributed by atoms with Crippen LogP contribution < -0.4 is 10.6 Å². The highest BCUT2D eigenvalue weighted by Crippen LogP contribution is 2.06. The molecule has 0 unspecified atom stereocenters. The third-order valence-electron chi connectivity index (χ3n) is 1.86. The summed E-state index contributed by atoms with van der Waals surface area (Å²) in [4.78, 5) is 22.8.